The average Bonchev–Trinajstić information content (AvgIpc) is 1.97. The lowest BCUT2D eigenvalue weighted by Crippen LogP contribution is -1.76. The Morgan fingerprint density at radius 3 is 2.00 bits per heavy atom. The van der Waals surface area contributed by atoms with Crippen LogP contribution in [0.2, 0.25) is 20.1 Å². The zero-order chi connectivity index (χ0) is 8.59. The molecule has 0 atom stereocenters. The summed E-state index contributed by atoms with van der Waals surface area (Å²) in [6.07, 6.45) is 0. The minimum atomic E-state index is 0.242. The lowest BCUT2D eigenvalue weighted by atomic mass is 10.3. The standard InChI is InChI=1S/C6H2Cl4S/c7-2-1-3(11)5(9)6(10)4(2)8/h1,11H. The van der Waals surface area contributed by atoms with E-state index in [2.05, 4.69) is 12.6 Å². The third-order valence-electron chi connectivity index (χ3n) is 1.08. The summed E-state index contributed by atoms with van der Waals surface area (Å²) < 4.78 is 0. The molecule has 1 rings (SSSR count). The van der Waals surface area contributed by atoms with Gasteiger partial charge in [0.2, 0.25) is 0 Å². The van der Waals surface area contributed by atoms with E-state index in [1.165, 1.54) is 0 Å². The van der Waals surface area contributed by atoms with Crippen molar-refractivity contribution in [1.82, 2.24) is 0 Å². The van der Waals surface area contributed by atoms with Gasteiger partial charge in [-0.25, -0.2) is 0 Å². The van der Waals surface area contributed by atoms with Crippen molar-refractivity contribution in [3.05, 3.63) is 26.2 Å². The molecule has 60 valence electrons. The van der Waals surface area contributed by atoms with Crippen LogP contribution in [0.5, 0.6) is 0 Å². The molecule has 0 saturated carbocycles. The SMILES string of the molecule is Sc1cc(Cl)c(Cl)c(Cl)c1Cl. The van der Waals surface area contributed by atoms with E-state index in [1.807, 2.05) is 0 Å². The van der Waals surface area contributed by atoms with Crippen LogP contribution in [0.25, 0.3) is 0 Å². The molecule has 0 N–H and O–H groups in total. The molecule has 0 fully saturated rings. The lowest BCUT2D eigenvalue weighted by molar-refractivity contribution is 1.47. The number of thiol groups is 1. The largest absolute Gasteiger partial charge is 0.142 e. The first kappa shape index (κ1) is 9.82. The topological polar surface area (TPSA) is 0 Å². The molecule has 0 aliphatic rings. The van der Waals surface area contributed by atoms with E-state index in [4.69, 9.17) is 46.4 Å². The second kappa shape index (κ2) is 3.63. The van der Waals surface area contributed by atoms with Gasteiger partial charge in [-0.1, -0.05) is 46.4 Å². The Labute approximate surface area is 89.8 Å². The third-order valence-corrected chi connectivity index (χ3v) is 3.32. The van der Waals surface area contributed by atoms with Crippen molar-refractivity contribution in [1.29, 1.82) is 0 Å². The first-order valence-corrected chi connectivity index (χ1v) is 4.52. The van der Waals surface area contributed by atoms with Crippen LogP contribution in [0, 0.1) is 0 Å². The maximum Gasteiger partial charge on any atom is 0.0805 e. The van der Waals surface area contributed by atoms with Crippen molar-refractivity contribution in [3.63, 3.8) is 0 Å². The molecule has 0 heterocycles. The smallest absolute Gasteiger partial charge is 0.0805 e. The van der Waals surface area contributed by atoms with Crippen LogP contribution in [0.1, 0.15) is 0 Å². The van der Waals surface area contributed by atoms with Crippen LogP contribution in [0.4, 0.5) is 0 Å². The molecule has 0 unspecified atom stereocenters. The van der Waals surface area contributed by atoms with E-state index in [0.29, 0.717) is 14.9 Å². The number of halogens is 4. The van der Waals surface area contributed by atoms with Crippen molar-refractivity contribution in [2.75, 3.05) is 0 Å². The molecule has 0 bridgehead atoms. The summed E-state index contributed by atoms with van der Waals surface area (Å²) in [5.74, 6) is 0. The lowest BCUT2D eigenvalue weighted by Gasteiger charge is -2.03. The maximum absolute atomic E-state index is 5.70. The monoisotopic (exact) mass is 246 g/mol. The van der Waals surface area contributed by atoms with E-state index in [-0.39, 0.29) is 10.0 Å². The Hall–Kier alpha value is 0.730. The predicted molar refractivity (Wildman–Crippen MR) is 53.7 cm³/mol. The van der Waals surface area contributed by atoms with E-state index in [0.717, 1.165) is 0 Å². The molecule has 0 saturated heterocycles. The van der Waals surface area contributed by atoms with Crippen molar-refractivity contribution in [2.45, 2.75) is 4.90 Å². The van der Waals surface area contributed by atoms with Gasteiger partial charge in [0.25, 0.3) is 0 Å². The Morgan fingerprint density at radius 1 is 0.909 bits per heavy atom. The summed E-state index contributed by atoms with van der Waals surface area (Å²) in [7, 11) is 0. The summed E-state index contributed by atoms with van der Waals surface area (Å²) in [6, 6.07) is 1.54. The molecular weight excluding hydrogens is 246 g/mol. The van der Waals surface area contributed by atoms with Crippen LogP contribution >= 0.6 is 59.0 Å². The van der Waals surface area contributed by atoms with Gasteiger partial charge in [0.05, 0.1) is 20.1 Å². The van der Waals surface area contributed by atoms with Crippen LogP contribution in [0.3, 0.4) is 0 Å². The van der Waals surface area contributed by atoms with Crippen LogP contribution in [0.15, 0.2) is 11.0 Å². The molecule has 0 radical (unpaired) electrons. The second-order valence-corrected chi connectivity index (χ2v) is 3.84. The van der Waals surface area contributed by atoms with Crippen molar-refractivity contribution < 1.29 is 0 Å². The second-order valence-electron chi connectivity index (χ2n) is 1.82. The Morgan fingerprint density at radius 2 is 1.45 bits per heavy atom. The third kappa shape index (κ3) is 1.90. The molecule has 0 spiro atoms. The summed E-state index contributed by atoms with van der Waals surface area (Å²) in [5, 5.41) is 1.18. The normalized spacial score (nSPS) is 10.3. The molecule has 0 aromatic heterocycles. The van der Waals surface area contributed by atoms with Gasteiger partial charge in [-0.3, -0.25) is 0 Å². The average molecular weight is 248 g/mol. The number of rotatable bonds is 0. The highest BCUT2D eigenvalue weighted by molar-refractivity contribution is 7.80. The Balaban J connectivity index is 3.46. The zero-order valence-electron chi connectivity index (χ0n) is 5.04. The highest BCUT2D eigenvalue weighted by Gasteiger charge is 2.10. The predicted octanol–water partition coefficient (Wildman–Crippen LogP) is 4.59. The molecule has 5 heteroatoms. The summed E-state index contributed by atoms with van der Waals surface area (Å²) in [5.41, 5.74) is 0. The van der Waals surface area contributed by atoms with Gasteiger partial charge in [-0.2, -0.15) is 0 Å². The van der Waals surface area contributed by atoms with Gasteiger partial charge in [-0.05, 0) is 6.07 Å². The molecule has 1 aromatic rings. The first-order valence-electron chi connectivity index (χ1n) is 2.56. The van der Waals surface area contributed by atoms with Gasteiger partial charge in [0, 0.05) is 4.90 Å². The quantitative estimate of drug-likeness (QED) is 0.387. The fourth-order valence-corrected chi connectivity index (χ4v) is 1.75. The molecule has 11 heavy (non-hydrogen) atoms. The number of hydrogen-bond donors (Lipinski definition) is 1. The molecular formula is C6H2Cl4S. The van der Waals surface area contributed by atoms with Crippen molar-refractivity contribution >= 4 is 59.0 Å². The van der Waals surface area contributed by atoms with E-state index < -0.39 is 0 Å². The molecule has 0 nitrogen and oxygen atoms in total. The van der Waals surface area contributed by atoms with Crippen LogP contribution < -0.4 is 0 Å². The highest BCUT2D eigenvalue weighted by atomic mass is 35.5. The molecule has 0 aliphatic heterocycles. The van der Waals surface area contributed by atoms with Gasteiger partial charge in [0.15, 0.2) is 0 Å². The van der Waals surface area contributed by atoms with Gasteiger partial charge < -0.3 is 0 Å². The van der Waals surface area contributed by atoms with Crippen molar-refractivity contribution in [3.8, 4) is 0 Å². The molecule has 1 aromatic carbocycles. The number of benzene rings is 1. The van der Waals surface area contributed by atoms with Gasteiger partial charge >= 0.3 is 0 Å². The van der Waals surface area contributed by atoms with Crippen molar-refractivity contribution in [2.24, 2.45) is 0 Å². The molecule has 0 amide bonds. The van der Waals surface area contributed by atoms with Crippen LogP contribution in [-0.2, 0) is 0 Å². The maximum atomic E-state index is 5.70. The van der Waals surface area contributed by atoms with Gasteiger partial charge in [-0.15, -0.1) is 12.6 Å². The first-order chi connectivity index (χ1) is 5.04. The zero-order valence-corrected chi connectivity index (χ0v) is 8.95. The fraction of sp³-hybridized carbons (Fsp3) is 0. The number of hydrogen-bond acceptors (Lipinski definition) is 1. The highest BCUT2D eigenvalue weighted by Crippen LogP contribution is 2.39. The summed E-state index contributed by atoms with van der Waals surface area (Å²) in [6.45, 7) is 0. The van der Waals surface area contributed by atoms with E-state index >= 15 is 0 Å². The Bertz CT molecular complexity index is 271. The van der Waals surface area contributed by atoms with E-state index in [1.54, 1.807) is 6.07 Å². The van der Waals surface area contributed by atoms with Gasteiger partial charge in [0.1, 0.15) is 0 Å². The molecule has 0 aliphatic carbocycles. The van der Waals surface area contributed by atoms with Crippen LogP contribution in [-0.4, -0.2) is 0 Å². The summed E-state index contributed by atoms with van der Waals surface area (Å²) in [4.78, 5) is 0.520. The van der Waals surface area contributed by atoms with E-state index in [9.17, 15) is 0 Å². The Kier molecular flexibility index (Phi) is 3.24. The minimum Gasteiger partial charge on any atom is -0.142 e. The fourth-order valence-electron chi connectivity index (χ4n) is 0.560. The minimum absolute atomic E-state index is 0.242. The summed E-state index contributed by atoms with van der Waals surface area (Å²) >= 11 is 26.8.